The largest absolute Gasteiger partial charge is 0.494 e. The molecule has 4 heteroatoms. The molecule has 0 atom stereocenters. The normalized spacial score (nSPS) is 10.2. The summed E-state index contributed by atoms with van der Waals surface area (Å²) in [6.45, 7) is 0.728. The van der Waals surface area contributed by atoms with E-state index in [-0.39, 0.29) is 0 Å². The SMILES string of the molecule is Nc1ccc(SCCCOc2ccccc2)nc1. The van der Waals surface area contributed by atoms with Crippen LogP contribution in [0, 0.1) is 0 Å². The molecule has 0 aliphatic rings. The number of ether oxygens (including phenoxy) is 1. The van der Waals surface area contributed by atoms with E-state index >= 15 is 0 Å². The fraction of sp³-hybridized carbons (Fsp3) is 0.214. The summed E-state index contributed by atoms with van der Waals surface area (Å²) < 4.78 is 5.61. The zero-order chi connectivity index (χ0) is 12.6. The molecule has 2 N–H and O–H groups in total. The molecule has 1 heterocycles. The minimum atomic E-state index is 0.701. The molecule has 0 amide bonds. The van der Waals surface area contributed by atoms with Crippen molar-refractivity contribution in [2.45, 2.75) is 11.4 Å². The first kappa shape index (κ1) is 12.8. The molecule has 0 saturated heterocycles. The van der Waals surface area contributed by atoms with Gasteiger partial charge in [0.1, 0.15) is 5.75 Å². The highest BCUT2D eigenvalue weighted by Crippen LogP contribution is 2.17. The summed E-state index contributed by atoms with van der Waals surface area (Å²) in [5.41, 5.74) is 6.28. The van der Waals surface area contributed by atoms with E-state index in [1.165, 1.54) is 0 Å². The number of nitrogens with two attached hydrogens (primary N) is 1. The Morgan fingerprint density at radius 3 is 2.67 bits per heavy atom. The summed E-state index contributed by atoms with van der Waals surface area (Å²) in [5, 5.41) is 1.00. The van der Waals surface area contributed by atoms with E-state index < -0.39 is 0 Å². The van der Waals surface area contributed by atoms with Crippen LogP contribution >= 0.6 is 11.8 Å². The topological polar surface area (TPSA) is 48.1 Å². The van der Waals surface area contributed by atoms with Crippen LogP contribution in [0.5, 0.6) is 5.75 Å². The Labute approximate surface area is 111 Å². The van der Waals surface area contributed by atoms with E-state index in [1.807, 2.05) is 42.5 Å². The van der Waals surface area contributed by atoms with Gasteiger partial charge in [0, 0.05) is 5.75 Å². The monoisotopic (exact) mass is 260 g/mol. The lowest BCUT2D eigenvalue weighted by Gasteiger charge is -2.05. The Morgan fingerprint density at radius 1 is 1.11 bits per heavy atom. The van der Waals surface area contributed by atoms with Crippen molar-refractivity contribution < 1.29 is 4.74 Å². The first-order valence-corrected chi connectivity index (χ1v) is 6.85. The molecular weight excluding hydrogens is 244 g/mol. The van der Waals surface area contributed by atoms with Gasteiger partial charge in [-0.1, -0.05) is 18.2 Å². The quantitative estimate of drug-likeness (QED) is 0.640. The minimum Gasteiger partial charge on any atom is -0.494 e. The maximum absolute atomic E-state index is 5.61. The zero-order valence-electron chi connectivity index (χ0n) is 10.1. The van der Waals surface area contributed by atoms with Crippen molar-refractivity contribution in [2.75, 3.05) is 18.1 Å². The van der Waals surface area contributed by atoms with E-state index in [1.54, 1.807) is 18.0 Å². The molecular formula is C14H16N2OS. The molecule has 0 aliphatic heterocycles. The summed E-state index contributed by atoms with van der Waals surface area (Å²) in [6.07, 6.45) is 2.68. The first-order chi connectivity index (χ1) is 8.84. The van der Waals surface area contributed by atoms with Gasteiger partial charge in [0.2, 0.25) is 0 Å². The molecule has 0 aliphatic carbocycles. The lowest BCUT2D eigenvalue weighted by atomic mass is 10.3. The summed E-state index contributed by atoms with van der Waals surface area (Å²) in [6, 6.07) is 13.7. The average Bonchev–Trinajstić information content (AvgIpc) is 2.42. The predicted molar refractivity (Wildman–Crippen MR) is 75.9 cm³/mol. The number of nitrogen functional groups attached to an aromatic ring is 1. The first-order valence-electron chi connectivity index (χ1n) is 5.87. The van der Waals surface area contributed by atoms with Crippen molar-refractivity contribution in [3.05, 3.63) is 48.7 Å². The van der Waals surface area contributed by atoms with Crippen LogP contribution in [0.25, 0.3) is 0 Å². The van der Waals surface area contributed by atoms with E-state index in [9.17, 15) is 0 Å². The summed E-state index contributed by atoms with van der Waals surface area (Å²) in [5.74, 6) is 1.91. The molecule has 0 unspecified atom stereocenters. The van der Waals surface area contributed by atoms with Crippen molar-refractivity contribution in [1.29, 1.82) is 0 Å². The second-order valence-electron chi connectivity index (χ2n) is 3.79. The van der Waals surface area contributed by atoms with Crippen LogP contribution in [0.2, 0.25) is 0 Å². The third-order valence-corrected chi connectivity index (χ3v) is 3.34. The molecule has 0 spiro atoms. The minimum absolute atomic E-state index is 0.701. The molecule has 94 valence electrons. The van der Waals surface area contributed by atoms with Crippen molar-refractivity contribution >= 4 is 17.4 Å². The Bertz CT molecular complexity index is 459. The molecule has 2 aromatic rings. The highest BCUT2D eigenvalue weighted by molar-refractivity contribution is 7.99. The van der Waals surface area contributed by atoms with Crippen molar-refractivity contribution in [1.82, 2.24) is 4.98 Å². The average molecular weight is 260 g/mol. The summed E-state index contributed by atoms with van der Waals surface area (Å²) >= 11 is 1.72. The number of hydrogen-bond donors (Lipinski definition) is 1. The highest BCUT2D eigenvalue weighted by atomic mass is 32.2. The van der Waals surface area contributed by atoms with Gasteiger partial charge in [0.25, 0.3) is 0 Å². The Hall–Kier alpha value is -1.68. The predicted octanol–water partition coefficient (Wildman–Crippen LogP) is 3.23. The van der Waals surface area contributed by atoms with E-state index in [0.717, 1.165) is 29.6 Å². The van der Waals surface area contributed by atoms with Crippen LogP contribution in [0.1, 0.15) is 6.42 Å². The van der Waals surface area contributed by atoms with Crippen molar-refractivity contribution in [3.8, 4) is 5.75 Å². The summed E-state index contributed by atoms with van der Waals surface area (Å²) in [7, 11) is 0. The number of hydrogen-bond acceptors (Lipinski definition) is 4. The third-order valence-electron chi connectivity index (χ3n) is 2.31. The van der Waals surface area contributed by atoms with Crippen LogP contribution in [0.4, 0.5) is 5.69 Å². The van der Waals surface area contributed by atoms with Crippen LogP contribution in [0.15, 0.2) is 53.7 Å². The maximum Gasteiger partial charge on any atom is 0.119 e. The van der Waals surface area contributed by atoms with Gasteiger partial charge >= 0.3 is 0 Å². The van der Waals surface area contributed by atoms with Gasteiger partial charge in [-0.2, -0.15) is 0 Å². The number of rotatable bonds is 6. The van der Waals surface area contributed by atoms with Crippen LogP contribution in [0.3, 0.4) is 0 Å². The van der Waals surface area contributed by atoms with E-state index in [0.29, 0.717) is 5.69 Å². The Kier molecular flexibility index (Phi) is 4.90. The number of benzene rings is 1. The fourth-order valence-electron chi connectivity index (χ4n) is 1.42. The number of para-hydroxylation sites is 1. The second-order valence-corrected chi connectivity index (χ2v) is 4.91. The molecule has 18 heavy (non-hydrogen) atoms. The zero-order valence-corrected chi connectivity index (χ0v) is 10.9. The van der Waals surface area contributed by atoms with Gasteiger partial charge in [-0.15, -0.1) is 11.8 Å². The van der Waals surface area contributed by atoms with Gasteiger partial charge in [-0.05, 0) is 30.7 Å². The third kappa shape index (κ3) is 4.30. The number of anilines is 1. The van der Waals surface area contributed by atoms with Crippen LogP contribution in [-0.2, 0) is 0 Å². The van der Waals surface area contributed by atoms with Gasteiger partial charge in [-0.25, -0.2) is 4.98 Å². The fourth-order valence-corrected chi connectivity index (χ4v) is 2.18. The van der Waals surface area contributed by atoms with Gasteiger partial charge < -0.3 is 10.5 Å². The van der Waals surface area contributed by atoms with Gasteiger partial charge in [0.05, 0.1) is 23.5 Å². The molecule has 1 aromatic carbocycles. The van der Waals surface area contributed by atoms with E-state index in [4.69, 9.17) is 10.5 Å². The Morgan fingerprint density at radius 2 is 1.94 bits per heavy atom. The number of aromatic nitrogens is 1. The van der Waals surface area contributed by atoms with Gasteiger partial charge in [0.15, 0.2) is 0 Å². The molecule has 0 bridgehead atoms. The second kappa shape index (κ2) is 6.91. The highest BCUT2D eigenvalue weighted by Gasteiger charge is 1.96. The Balaban J connectivity index is 1.63. The smallest absolute Gasteiger partial charge is 0.119 e. The molecule has 0 radical (unpaired) electrons. The molecule has 0 saturated carbocycles. The van der Waals surface area contributed by atoms with Gasteiger partial charge in [-0.3, -0.25) is 0 Å². The van der Waals surface area contributed by atoms with Crippen LogP contribution in [-0.4, -0.2) is 17.3 Å². The number of nitrogens with zero attached hydrogens (tertiary/aromatic N) is 1. The molecule has 1 aromatic heterocycles. The number of thioether (sulfide) groups is 1. The summed E-state index contributed by atoms with van der Waals surface area (Å²) in [4.78, 5) is 4.23. The number of pyridine rings is 1. The van der Waals surface area contributed by atoms with Crippen molar-refractivity contribution in [2.24, 2.45) is 0 Å². The standard InChI is InChI=1S/C14H16N2OS/c15-12-7-8-14(16-11-12)18-10-4-9-17-13-5-2-1-3-6-13/h1-3,5-8,11H,4,9-10,15H2. The van der Waals surface area contributed by atoms with Crippen molar-refractivity contribution in [3.63, 3.8) is 0 Å². The molecule has 3 nitrogen and oxygen atoms in total. The van der Waals surface area contributed by atoms with E-state index in [2.05, 4.69) is 4.98 Å². The lowest BCUT2D eigenvalue weighted by molar-refractivity contribution is 0.318. The molecule has 2 rings (SSSR count). The lowest BCUT2D eigenvalue weighted by Crippen LogP contribution is -1.98. The maximum atomic E-state index is 5.61. The van der Waals surface area contributed by atoms with Crippen LogP contribution < -0.4 is 10.5 Å². The molecule has 0 fully saturated rings.